The van der Waals surface area contributed by atoms with Gasteiger partial charge in [-0.1, -0.05) is 0 Å². The van der Waals surface area contributed by atoms with Crippen LogP contribution in [0.2, 0.25) is 0 Å². The van der Waals surface area contributed by atoms with Crippen molar-refractivity contribution >= 4 is 32.1 Å². The number of hydrogen-bond acceptors (Lipinski definition) is 0. The molecule has 0 spiro atoms. The fourth-order valence-corrected chi connectivity index (χ4v) is 15.0. The van der Waals surface area contributed by atoms with Gasteiger partial charge in [0.2, 0.25) is 0 Å². The van der Waals surface area contributed by atoms with Gasteiger partial charge in [-0.25, -0.2) is 0 Å². The molecule has 3 aromatic carbocycles. The summed E-state index contributed by atoms with van der Waals surface area (Å²) >= 11 is -2.35. The summed E-state index contributed by atoms with van der Waals surface area (Å²) < 4.78 is 4.82. The minimum atomic E-state index is -2.35. The average molecular weight is 481 g/mol. The van der Waals surface area contributed by atoms with E-state index >= 15 is 0 Å². The molecule has 0 heterocycles. The van der Waals surface area contributed by atoms with E-state index in [0.717, 1.165) is 0 Å². The van der Waals surface area contributed by atoms with Crippen molar-refractivity contribution < 1.29 is 0 Å². The van der Waals surface area contributed by atoms with E-state index in [2.05, 4.69) is 93.6 Å². The second-order valence-electron chi connectivity index (χ2n) is 5.82. The first kappa shape index (κ1) is 15.5. The zero-order valence-corrected chi connectivity index (χ0v) is 17.3. The van der Waals surface area contributed by atoms with Crippen molar-refractivity contribution in [2.75, 3.05) is 0 Å². The Balaban J connectivity index is 2.27. The zero-order chi connectivity index (χ0) is 15.5. The van der Waals surface area contributed by atoms with Crippen LogP contribution in [0.3, 0.4) is 0 Å². The molecule has 0 saturated heterocycles. The molecular weight excluding hydrogens is 459 g/mol. The molecule has 0 aromatic heterocycles. The van der Waals surface area contributed by atoms with E-state index in [1.807, 2.05) is 0 Å². The van der Waals surface area contributed by atoms with E-state index in [0.29, 0.717) is 0 Å². The van der Waals surface area contributed by atoms with E-state index < -0.39 is 22.7 Å². The van der Waals surface area contributed by atoms with Gasteiger partial charge in [0.15, 0.2) is 0 Å². The Hall–Kier alpha value is -1.42. The van der Waals surface area contributed by atoms with Crippen molar-refractivity contribution in [2.45, 2.75) is 20.8 Å². The fraction of sp³-hybridized carbons (Fsp3) is 0.143. The van der Waals surface area contributed by atoms with E-state index in [9.17, 15) is 0 Å². The molecule has 0 aliphatic rings. The van der Waals surface area contributed by atoms with Gasteiger partial charge in [0.25, 0.3) is 0 Å². The maximum absolute atomic E-state index is 2.36. The van der Waals surface area contributed by atoms with Gasteiger partial charge < -0.3 is 0 Å². The van der Waals surface area contributed by atoms with Crippen LogP contribution in [0.25, 0.3) is 0 Å². The standard InChI is InChI=1S/3C7H7.Pb/c3*1-7-5-3-2-4-6-7;/h3*2-5H,1H3;. The molecule has 0 N–H and O–H groups in total. The molecule has 0 nitrogen and oxygen atoms in total. The topological polar surface area (TPSA) is 0 Å². The van der Waals surface area contributed by atoms with Gasteiger partial charge in [0, 0.05) is 0 Å². The predicted molar refractivity (Wildman–Crippen MR) is 98.2 cm³/mol. The van der Waals surface area contributed by atoms with Crippen LogP contribution in [0, 0.1) is 20.8 Å². The zero-order valence-electron chi connectivity index (χ0n) is 13.4. The van der Waals surface area contributed by atoms with E-state index in [1.54, 1.807) is 9.37 Å². The molecule has 22 heavy (non-hydrogen) atoms. The summed E-state index contributed by atoms with van der Waals surface area (Å²) in [5, 5.41) is 0. The van der Waals surface area contributed by atoms with Crippen molar-refractivity contribution in [3.8, 4) is 0 Å². The second-order valence-corrected chi connectivity index (χ2v) is 15.0. The van der Waals surface area contributed by atoms with Crippen molar-refractivity contribution in [3.05, 3.63) is 89.5 Å². The molecule has 0 unspecified atom stereocenters. The van der Waals surface area contributed by atoms with Crippen LogP contribution in [0.1, 0.15) is 16.7 Å². The summed E-state index contributed by atoms with van der Waals surface area (Å²) in [5.41, 5.74) is 4.32. The van der Waals surface area contributed by atoms with Gasteiger partial charge in [-0.15, -0.1) is 0 Å². The molecule has 1 heteroatoms. The van der Waals surface area contributed by atoms with Crippen LogP contribution >= 0.6 is 0 Å². The van der Waals surface area contributed by atoms with Crippen LogP contribution in [-0.4, -0.2) is 22.7 Å². The molecule has 0 aliphatic carbocycles. The van der Waals surface area contributed by atoms with Crippen molar-refractivity contribution in [2.24, 2.45) is 0 Å². The molecule has 0 saturated carbocycles. The van der Waals surface area contributed by atoms with Gasteiger partial charge in [-0.3, -0.25) is 0 Å². The summed E-state index contributed by atoms with van der Waals surface area (Å²) in [6.45, 7) is 6.78. The van der Waals surface area contributed by atoms with Gasteiger partial charge in [-0.05, 0) is 0 Å². The third-order valence-electron chi connectivity index (χ3n) is 4.24. The third-order valence-corrected chi connectivity index (χ3v) is 17.1. The molecule has 0 aliphatic heterocycles. The first-order chi connectivity index (χ1) is 10.7. The number of rotatable bonds is 3. The molecule has 0 fully saturated rings. The van der Waals surface area contributed by atoms with Crippen LogP contribution < -0.4 is 9.37 Å². The molecule has 109 valence electrons. The first-order valence-electron chi connectivity index (χ1n) is 7.73. The van der Waals surface area contributed by atoms with E-state index in [4.69, 9.17) is 0 Å². The average Bonchev–Trinajstić information content (AvgIpc) is 2.53. The molecule has 0 amide bonds. The summed E-state index contributed by atoms with van der Waals surface area (Å²) in [7, 11) is 0. The number of hydrogen-bond donors (Lipinski definition) is 0. The third kappa shape index (κ3) is 3.02. The van der Waals surface area contributed by atoms with Gasteiger partial charge in [-0.2, -0.15) is 0 Å². The van der Waals surface area contributed by atoms with Crippen LogP contribution in [0.15, 0.2) is 72.8 Å². The molecule has 3 rings (SSSR count). The normalized spacial score (nSPS) is 10.9. The monoisotopic (exact) mass is 481 g/mol. The van der Waals surface area contributed by atoms with Crippen molar-refractivity contribution in [3.63, 3.8) is 0 Å². The van der Waals surface area contributed by atoms with E-state index in [1.165, 1.54) is 16.7 Å². The summed E-state index contributed by atoms with van der Waals surface area (Å²) in [5.74, 6) is 0. The Morgan fingerprint density at radius 3 is 1.00 bits per heavy atom. The SMILES string of the molecule is Cc1cccc[c]1[Pb]([c]1ccccc1C)[c]1ccccc1C. The van der Waals surface area contributed by atoms with Gasteiger partial charge >= 0.3 is 142 Å². The summed E-state index contributed by atoms with van der Waals surface area (Å²) in [6, 6.07) is 26.9. The summed E-state index contributed by atoms with van der Waals surface area (Å²) in [4.78, 5) is 0. The Kier molecular flexibility index (Phi) is 4.77. The molecule has 0 atom stereocenters. The Morgan fingerprint density at radius 1 is 0.455 bits per heavy atom. The first-order valence-corrected chi connectivity index (χ1v) is 13.6. The Morgan fingerprint density at radius 2 is 0.727 bits per heavy atom. The minimum absolute atomic E-state index is 1.44. The molecule has 3 aromatic rings. The Labute approximate surface area is 142 Å². The second kappa shape index (κ2) is 6.78. The van der Waals surface area contributed by atoms with Crippen LogP contribution in [-0.2, 0) is 0 Å². The quantitative estimate of drug-likeness (QED) is 0.506. The van der Waals surface area contributed by atoms with Gasteiger partial charge in [0.05, 0.1) is 0 Å². The van der Waals surface area contributed by atoms with Gasteiger partial charge in [0.1, 0.15) is 0 Å². The maximum atomic E-state index is 2.36. The van der Waals surface area contributed by atoms with Crippen LogP contribution in [0.4, 0.5) is 0 Å². The van der Waals surface area contributed by atoms with Crippen molar-refractivity contribution in [1.29, 1.82) is 0 Å². The number of benzene rings is 3. The van der Waals surface area contributed by atoms with Crippen molar-refractivity contribution in [1.82, 2.24) is 0 Å². The molecule has 0 bridgehead atoms. The fourth-order valence-electron chi connectivity index (χ4n) is 3.00. The molecule has 1 radical (unpaired) electrons. The van der Waals surface area contributed by atoms with Crippen LogP contribution in [0.5, 0.6) is 0 Å². The summed E-state index contributed by atoms with van der Waals surface area (Å²) in [6.07, 6.45) is 0. The predicted octanol–water partition coefficient (Wildman–Crippen LogP) is 3.13. The van der Waals surface area contributed by atoms with E-state index in [-0.39, 0.29) is 0 Å². The number of aryl methyl sites for hydroxylation is 3. The molecular formula is C21H21Pb. The Bertz CT molecular complexity index is 681.